The van der Waals surface area contributed by atoms with E-state index >= 15 is 0 Å². The monoisotopic (exact) mass is 369 g/mol. The van der Waals surface area contributed by atoms with Crippen LogP contribution in [0.3, 0.4) is 0 Å². The van der Waals surface area contributed by atoms with Crippen molar-refractivity contribution >= 4 is 5.65 Å². The fourth-order valence-electron chi connectivity index (χ4n) is 2.74. The van der Waals surface area contributed by atoms with E-state index in [0.29, 0.717) is 28.3 Å². The summed E-state index contributed by atoms with van der Waals surface area (Å²) in [6, 6.07) is 7.80. The normalized spacial score (nSPS) is 11.2. The first-order chi connectivity index (χ1) is 13.1. The molecule has 4 aromatic rings. The first-order valence-electron chi connectivity index (χ1n) is 7.77. The molecule has 0 aliphatic heterocycles. The third-order valence-corrected chi connectivity index (χ3v) is 3.89. The molecule has 0 atom stereocenters. The van der Waals surface area contributed by atoms with Crippen LogP contribution in [0.5, 0.6) is 0 Å². The summed E-state index contributed by atoms with van der Waals surface area (Å²) in [6.45, 7) is -0.592. The van der Waals surface area contributed by atoms with Gasteiger partial charge in [0.1, 0.15) is 11.8 Å². The van der Waals surface area contributed by atoms with Gasteiger partial charge in [-0.2, -0.15) is 14.8 Å². The van der Waals surface area contributed by atoms with Gasteiger partial charge in [0.05, 0.1) is 30.5 Å². The Kier molecular flexibility index (Phi) is 4.04. The molecule has 0 N–H and O–H groups in total. The lowest BCUT2D eigenvalue weighted by molar-refractivity contribution is 0.127. The van der Waals surface area contributed by atoms with E-state index in [4.69, 9.17) is 5.26 Å². The minimum absolute atomic E-state index is 0.205. The van der Waals surface area contributed by atoms with Crippen molar-refractivity contribution in [1.29, 1.82) is 5.26 Å². The molecule has 27 heavy (non-hydrogen) atoms. The van der Waals surface area contributed by atoms with Gasteiger partial charge >= 0.3 is 0 Å². The summed E-state index contributed by atoms with van der Waals surface area (Å²) < 4.78 is 41.7. The maximum Gasteiger partial charge on any atom is 0.256 e. The first-order valence-corrected chi connectivity index (χ1v) is 7.77. The zero-order valence-corrected chi connectivity index (χ0v) is 13.6. The summed E-state index contributed by atoms with van der Waals surface area (Å²) in [5.74, 6) is -0.663. The van der Waals surface area contributed by atoms with Crippen LogP contribution in [-0.4, -0.2) is 35.6 Å². The smallest absolute Gasteiger partial charge is 0.256 e. The average Bonchev–Trinajstić information content (AvgIpc) is 3.25. The number of aromatic nitrogens is 6. The molecule has 7 nitrogen and oxygen atoms in total. The van der Waals surface area contributed by atoms with Crippen LogP contribution in [0.2, 0.25) is 0 Å². The highest BCUT2D eigenvalue weighted by Crippen LogP contribution is 2.30. The lowest BCUT2D eigenvalue weighted by Gasteiger charge is -2.10. The average molecular weight is 369 g/mol. The second kappa shape index (κ2) is 6.53. The third-order valence-electron chi connectivity index (χ3n) is 3.89. The van der Waals surface area contributed by atoms with Gasteiger partial charge in [0, 0.05) is 11.8 Å². The van der Waals surface area contributed by atoms with E-state index in [0.717, 1.165) is 6.07 Å². The lowest BCUT2D eigenvalue weighted by atomic mass is 10.1. The molecule has 0 bridgehead atoms. The second-order valence-electron chi connectivity index (χ2n) is 5.60. The van der Waals surface area contributed by atoms with Gasteiger partial charge in [0.2, 0.25) is 5.95 Å². The zero-order chi connectivity index (χ0) is 19.0. The topological polar surface area (TPSA) is 84.7 Å². The third kappa shape index (κ3) is 2.99. The van der Waals surface area contributed by atoms with Gasteiger partial charge in [-0.1, -0.05) is 0 Å². The van der Waals surface area contributed by atoms with Gasteiger partial charge in [-0.15, -0.1) is 0 Å². The minimum Gasteiger partial charge on any atom is -0.323 e. The number of nitriles is 1. The summed E-state index contributed by atoms with van der Waals surface area (Å²) in [5.41, 5.74) is 2.05. The predicted molar refractivity (Wildman–Crippen MR) is 88.1 cm³/mol. The maximum atomic E-state index is 13.1. The number of pyridine rings is 1. The largest absolute Gasteiger partial charge is 0.323 e. The molecule has 0 saturated heterocycles. The molecule has 0 aliphatic carbocycles. The molecule has 10 heteroatoms. The van der Waals surface area contributed by atoms with Gasteiger partial charge in [-0.3, -0.25) is 0 Å². The molecule has 0 unspecified atom stereocenters. The predicted octanol–water partition coefficient (Wildman–Crippen LogP) is 2.93. The van der Waals surface area contributed by atoms with Crippen LogP contribution in [-0.2, 0) is 6.54 Å². The Bertz CT molecular complexity index is 1160. The van der Waals surface area contributed by atoms with Crippen LogP contribution in [0.4, 0.5) is 13.2 Å². The van der Waals surface area contributed by atoms with Crippen molar-refractivity contribution in [3.63, 3.8) is 0 Å². The standard InChI is InChI=1S/C17H10F3N7/c18-13(19)8-26-9-24-16(10-1-3-14(20)22-6-10)17(26)12-2-4-15-23-7-11(5-21)27(15)25-12/h1-4,6-7,9,13H,8H2. The van der Waals surface area contributed by atoms with E-state index in [1.165, 1.54) is 33.9 Å². The molecule has 0 spiro atoms. The summed E-state index contributed by atoms with van der Waals surface area (Å²) in [6.07, 6.45) is 1.30. The molecular weight excluding hydrogens is 359 g/mol. The van der Waals surface area contributed by atoms with E-state index < -0.39 is 18.9 Å². The van der Waals surface area contributed by atoms with Crippen LogP contribution in [0.15, 0.2) is 43.0 Å². The quantitative estimate of drug-likeness (QED) is 0.517. The molecule has 4 heterocycles. The van der Waals surface area contributed by atoms with Gasteiger partial charge < -0.3 is 4.57 Å². The number of fused-ring (bicyclic) bond motifs is 1. The Morgan fingerprint density at radius 3 is 2.63 bits per heavy atom. The fourth-order valence-corrected chi connectivity index (χ4v) is 2.74. The van der Waals surface area contributed by atoms with Crippen LogP contribution < -0.4 is 0 Å². The Labute approximate surface area is 150 Å². The zero-order valence-electron chi connectivity index (χ0n) is 13.6. The van der Waals surface area contributed by atoms with E-state index in [2.05, 4.69) is 20.1 Å². The molecule has 0 radical (unpaired) electrons. The Morgan fingerprint density at radius 2 is 1.93 bits per heavy atom. The molecule has 0 saturated carbocycles. The highest BCUT2D eigenvalue weighted by atomic mass is 19.3. The molecule has 4 aromatic heterocycles. The Morgan fingerprint density at radius 1 is 1.07 bits per heavy atom. The SMILES string of the molecule is N#Cc1cnc2ccc(-c3c(-c4ccc(F)nc4)ncn3CC(F)F)nn12. The number of rotatable bonds is 4. The Balaban J connectivity index is 1.93. The molecule has 0 amide bonds. The highest BCUT2D eigenvalue weighted by Gasteiger charge is 2.20. The molecule has 4 rings (SSSR count). The number of halogens is 3. The van der Waals surface area contributed by atoms with Gasteiger partial charge in [-0.25, -0.2) is 28.2 Å². The Hall–Kier alpha value is -3.74. The minimum atomic E-state index is -2.61. The molecule has 0 aromatic carbocycles. The van der Waals surface area contributed by atoms with Crippen LogP contribution in [0, 0.1) is 17.3 Å². The van der Waals surface area contributed by atoms with Crippen molar-refractivity contribution in [2.24, 2.45) is 0 Å². The number of imidazole rings is 2. The van der Waals surface area contributed by atoms with E-state index in [9.17, 15) is 13.2 Å². The van der Waals surface area contributed by atoms with Crippen molar-refractivity contribution in [2.45, 2.75) is 13.0 Å². The van der Waals surface area contributed by atoms with Crippen LogP contribution in [0.1, 0.15) is 5.69 Å². The first kappa shape index (κ1) is 16.7. The maximum absolute atomic E-state index is 13.1. The summed E-state index contributed by atoms with van der Waals surface area (Å²) >= 11 is 0. The lowest BCUT2D eigenvalue weighted by Crippen LogP contribution is -2.08. The highest BCUT2D eigenvalue weighted by molar-refractivity contribution is 5.76. The number of nitrogens with zero attached hydrogens (tertiary/aromatic N) is 7. The molecule has 0 fully saturated rings. The van der Waals surface area contributed by atoms with Crippen molar-refractivity contribution < 1.29 is 13.2 Å². The van der Waals surface area contributed by atoms with Crippen molar-refractivity contribution in [2.75, 3.05) is 0 Å². The fraction of sp³-hybridized carbons (Fsp3) is 0.118. The molecule has 134 valence electrons. The van der Waals surface area contributed by atoms with Gasteiger partial charge in [0.15, 0.2) is 11.3 Å². The van der Waals surface area contributed by atoms with Crippen LogP contribution >= 0.6 is 0 Å². The van der Waals surface area contributed by atoms with E-state index in [1.54, 1.807) is 12.1 Å². The van der Waals surface area contributed by atoms with Gasteiger partial charge in [0.25, 0.3) is 6.43 Å². The van der Waals surface area contributed by atoms with Gasteiger partial charge in [-0.05, 0) is 24.3 Å². The van der Waals surface area contributed by atoms with E-state index in [-0.39, 0.29) is 5.69 Å². The van der Waals surface area contributed by atoms with Crippen molar-refractivity contribution in [3.8, 4) is 28.7 Å². The summed E-state index contributed by atoms with van der Waals surface area (Å²) in [4.78, 5) is 11.8. The van der Waals surface area contributed by atoms with E-state index in [1.807, 2.05) is 6.07 Å². The molecule has 0 aliphatic rings. The molecular formula is C17H10F3N7. The second-order valence-corrected chi connectivity index (χ2v) is 5.60. The van der Waals surface area contributed by atoms with Crippen LogP contribution in [0.25, 0.3) is 28.3 Å². The number of hydrogen-bond acceptors (Lipinski definition) is 5. The number of alkyl halides is 2. The summed E-state index contributed by atoms with van der Waals surface area (Å²) in [5, 5.41) is 13.5. The summed E-state index contributed by atoms with van der Waals surface area (Å²) in [7, 11) is 0. The van der Waals surface area contributed by atoms with Crippen molar-refractivity contribution in [1.82, 2.24) is 29.1 Å². The number of hydrogen-bond donors (Lipinski definition) is 0. The van der Waals surface area contributed by atoms with Crippen molar-refractivity contribution in [3.05, 3.63) is 54.6 Å².